The molecule has 0 spiro atoms. The van der Waals surface area contributed by atoms with Gasteiger partial charge in [0.15, 0.2) is 0 Å². The molecule has 24 heavy (non-hydrogen) atoms. The van der Waals surface area contributed by atoms with E-state index in [1.165, 1.54) is 6.42 Å². The van der Waals surface area contributed by atoms with Gasteiger partial charge >= 0.3 is 5.69 Å². The van der Waals surface area contributed by atoms with Gasteiger partial charge in [0.05, 0.1) is 4.92 Å². The maximum absolute atomic E-state index is 11.5. The van der Waals surface area contributed by atoms with Crippen LogP contribution in [0.15, 0.2) is 0 Å². The van der Waals surface area contributed by atoms with E-state index in [0.29, 0.717) is 23.6 Å². The minimum Gasteiger partial charge on any atom is -0.378 e. The van der Waals surface area contributed by atoms with Gasteiger partial charge in [-0.2, -0.15) is 9.97 Å². The van der Waals surface area contributed by atoms with Crippen LogP contribution in [0.1, 0.15) is 39.5 Å². The van der Waals surface area contributed by atoms with Gasteiger partial charge in [-0.05, 0) is 37.5 Å². The Balaban J connectivity index is 1.99. The SMILES string of the molecule is C[C@H]1C[C@H](C)CN(c2nc(N)c([N+](=O)[O-])c(N3CCCCC3)n2)C1. The number of nitro groups is 1. The molecular formula is C16H26N6O2. The van der Waals surface area contributed by atoms with Crippen LogP contribution in [0.4, 0.5) is 23.3 Å². The van der Waals surface area contributed by atoms with E-state index >= 15 is 0 Å². The van der Waals surface area contributed by atoms with E-state index in [1.807, 2.05) is 4.90 Å². The fraction of sp³-hybridized carbons (Fsp3) is 0.750. The maximum Gasteiger partial charge on any atom is 0.353 e. The van der Waals surface area contributed by atoms with Crippen molar-refractivity contribution >= 4 is 23.3 Å². The van der Waals surface area contributed by atoms with E-state index in [-0.39, 0.29) is 11.5 Å². The lowest BCUT2D eigenvalue weighted by Crippen LogP contribution is -2.40. The quantitative estimate of drug-likeness (QED) is 0.669. The average molecular weight is 334 g/mol. The van der Waals surface area contributed by atoms with Crippen molar-refractivity contribution in [1.82, 2.24) is 9.97 Å². The van der Waals surface area contributed by atoms with Crippen molar-refractivity contribution in [3.8, 4) is 0 Å². The van der Waals surface area contributed by atoms with Gasteiger partial charge in [0.2, 0.25) is 17.6 Å². The third-order valence-corrected chi connectivity index (χ3v) is 4.87. The van der Waals surface area contributed by atoms with Crippen LogP contribution in [0, 0.1) is 22.0 Å². The molecule has 2 atom stereocenters. The van der Waals surface area contributed by atoms with Gasteiger partial charge in [-0.15, -0.1) is 0 Å². The number of nitrogens with zero attached hydrogens (tertiary/aromatic N) is 5. The first-order valence-corrected chi connectivity index (χ1v) is 8.77. The van der Waals surface area contributed by atoms with Crippen molar-refractivity contribution in [2.24, 2.45) is 11.8 Å². The molecule has 2 N–H and O–H groups in total. The van der Waals surface area contributed by atoms with Crippen LogP contribution >= 0.6 is 0 Å². The van der Waals surface area contributed by atoms with Crippen molar-refractivity contribution in [2.45, 2.75) is 39.5 Å². The predicted octanol–water partition coefficient (Wildman–Crippen LogP) is 2.44. The van der Waals surface area contributed by atoms with E-state index in [2.05, 4.69) is 28.7 Å². The minimum absolute atomic E-state index is 0.0311. The molecule has 0 bridgehead atoms. The van der Waals surface area contributed by atoms with E-state index in [9.17, 15) is 10.1 Å². The average Bonchev–Trinajstić information content (AvgIpc) is 2.53. The van der Waals surface area contributed by atoms with E-state index < -0.39 is 4.92 Å². The topological polar surface area (TPSA) is 101 Å². The van der Waals surface area contributed by atoms with Gasteiger partial charge < -0.3 is 15.5 Å². The summed E-state index contributed by atoms with van der Waals surface area (Å²) >= 11 is 0. The lowest BCUT2D eigenvalue weighted by atomic mass is 9.92. The Morgan fingerprint density at radius 3 is 2.29 bits per heavy atom. The molecule has 8 nitrogen and oxygen atoms in total. The zero-order valence-electron chi connectivity index (χ0n) is 14.4. The Morgan fingerprint density at radius 1 is 1.08 bits per heavy atom. The standard InChI is InChI=1S/C16H26N6O2/c1-11-8-12(2)10-21(9-11)16-18-14(17)13(22(23)24)15(19-16)20-6-4-3-5-7-20/h11-12H,3-10H2,1-2H3,(H2,17,18,19)/t11-,12-/m0/s1. The highest BCUT2D eigenvalue weighted by atomic mass is 16.6. The molecule has 3 rings (SSSR count). The summed E-state index contributed by atoms with van der Waals surface area (Å²) in [6.45, 7) is 7.71. The lowest BCUT2D eigenvalue weighted by molar-refractivity contribution is -0.383. The first-order chi connectivity index (χ1) is 11.5. The fourth-order valence-electron chi connectivity index (χ4n) is 3.92. The molecule has 8 heteroatoms. The summed E-state index contributed by atoms with van der Waals surface area (Å²) < 4.78 is 0. The molecule has 0 aromatic carbocycles. The van der Waals surface area contributed by atoms with Crippen LogP contribution < -0.4 is 15.5 Å². The smallest absolute Gasteiger partial charge is 0.353 e. The van der Waals surface area contributed by atoms with E-state index in [4.69, 9.17) is 5.73 Å². The number of anilines is 3. The third kappa shape index (κ3) is 3.37. The highest BCUT2D eigenvalue weighted by molar-refractivity contribution is 5.71. The van der Waals surface area contributed by atoms with Crippen molar-refractivity contribution in [2.75, 3.05) is 41.7 Å². The van der Waals surface area contributed by atoms with E-state index in [0.717, 1.165) is 45.4 Å². The molecule has 0 saturated carbocycles. The molecule has 3 heterocycles. The molecule has 1 aromatic heterocycles. The summed E-state index contributed by atoms with van der Waals surface area (Å²) in [6, 6.07) is 0. The number of piperidine rings is 2. The molecule has 132 valence electrons. The number of aromatic nitrogens is 2. The van der Waals surface area contributed by atoms with Crippen LogP contribution in [-0.2, 0) is 0 Å². The molecule has 0 aliphatic carbocycles. The van der Waals surface area contributed by atoms with Crippen LogP contribution in [-0.4, -0.2) is 41.1 Å². The number of nitrogen functional groups attached to an aromatic ring is 1. The molecule has 2 fully saturated rings. The van der Waals surface area contributed by atoms with Crippen molar-refractivity contribution in [3.05, 3.63) is 10.1 Å². The molecule has 2 aliphatic heterocycles. The van der Waals surface area contributed by atoms with Gasteiger partial charge in [-0.25, -0.2) is 0 Å². The summed E-state index contributed by atoms with van der Waals surface area (Å²) in [5, 5.41) is 11.5. The van der Waals surface area contributed by atoms with Gasteiger partial charge in [-0.3, -0.25) is 10.1 Å². The minimum atomic E-state index is -0.454. The second-order valence-corrected chi connectivity index (χ2v) is 7.24. The molecule has 2 saturated heterocycles. The summed E-state index contributed by atoms with van der Waals surface area (Å²) in [5.41, 5.74) is 5.81. The maximum atomic E-state index is 11.5. The Morgan fingerprint density at radius 2 is 1.71 bits per heavy atom. The van der Waals surface area contributed by atoms with Crippen molar-refractivity contribution in [3.63, 3.8) is 0 Å². The van der Waals surface area contributed by atoms with Gasteiger partial charge in [-0.1, -0.05) is 13.8 Å². The lowest BCUT2D eigenvalue weighted by Gasteiger charge is -2.35. The molecule has 2 aliphatic rings. The van der Waals surface area contributed by atoms with Crippen LogP contribution in [0.25, 0.3) is 0 Å². The molecule has 0 unspecified atom stereocenters. The summed E-state index contributed by atoms with van der Waals surface area (Å²) in [5.74, 6) is 1.97. The van der Waals surface area contributed by atoms with Crippen molar-refractivity contribution < 1.29 is 4.92 Å². The number of hydrogen-bond acceptors (Lipinski definition) is 7. The zero-order valence-corrected chi connectivity index (χ0v) is 14.4. The Bertz CT molecular complexity index is 607. The number of nitrogens with two attached hydrogens (primary N) is 1. The first kappa shape index (κ1) is 16.7. The van der Waals surface area contributed by atoms with Gasteiger partial charge in [0.1, 0.15) is 0 Å². The Kier molecular flexibility index (Phi) is 4.73. The second kappa shape index (κ2) is 6.78. The Hall–Kier alpha value is -2.12. The van der Waals surface area contributed by atoms with E-state index in [1.54, 1.807) is 0 Å². The molecule has 0 amide bonds. The number of hydrogen-bond donors (Lipinski definition) is 1. The molecule has 0 radical (unpaired) electrons. The normalized spacial score (nSPS) is 24.9. The van der Waals surface area contributed by atoms with Crippen LogP contribution in [0.3, 0.4) is 0 Å². The molecule has 1 aromatic rings. The molecular weight excluding hydrogens is 308 g/mol. The summed E-state index contributed by atoms with van der Waals surface area (Å²) in [4.78, 5) is 24.0. The third-order valence-electron chi connectivity index (χ3n) is 4.87. The Labute approximate surface area is 142 Å². The van der Waals surface area contributed by atoms with Crippen molar-refractivity contribution in [1.29, 1.82) is 0 Å². The van der Waals surface area contributed by atoms with Gasteiger partial charge in [0.25, 0.3) is 0 Å². The summed E-state index contributed by atoms with van der Waals surface area (Å²) in [6.07, 6.45) is 4.37. The largest absolute Gasteiger partial charge is 0.378 e. The monoisotopic (exact) mass is 334 g/mol. The van der Waals surface area contributed by atoms with Gasteiger partial charge in [0, 0.05) is 26.2 Å². The highest BCUT2D eigenvalue weighted by Gasteiger charge is 2.31. The van der Waals surface area contributed by atoms with Crippen LogP contribution in [0.5, 0.6) is 0 Å². The fourth-order valence-corrected chi connectivity index (χ4v) is 3.92. The predicted molar refractivity (Wildman–Crippen MR) is 94.3 cm³/mol. The highest BCUT2D eigenvalue weighted by Crippen LogP contribution is 2.35. The number of rotatable bonds is 3. The zero-order chi connectivity index (χ0) is 17.3. The van der Waals surface area contributed by atoms with Crippen LogP contribution in [0.2, 0.25) is 0 Å². The second-order valence-electron chi connectivity index (χ2n) is 7.24. The summed E-state index contributed by atoms with van der Waals surface area (Å²) in [7, 11) is 0. The first-order valence-electron chi connectivity index (χ1n) is 8.77.